The minimum atomic E-state index is 0.0211. The lowest BCUT2D eigenvalue weighted by Gasteiger charge is -2.31. The van der Waals surface area contributed by atoms with Gasteiger partial charge in [0.2, 0.25) is 0 Å². The summed E-state index contributed by atoms with van der Waals surface area (Å²) in [6.45, 7) is 2.21. The lowest BCUT2D eigenvalue weighted by Crippen LogP contribution is -2.29. The van der Waals surface area contributed by atoms with E-state index in [1.54, 1.807) is 6.08 Å². The number of benzene rings is 1. The molecule has 0 amide bonds. The highest BCUT2D eigenvalue weighted by atomic mass is 16.5. The maximum atomic E-state index is 12.6. The molecule has 2 saturated carbocycles. The fourth-order valence-corrected chi connectivity index (χ4v) is 4.75. The SMILES string of the molecule is CCCc1ccc([C@H]2CC[C@H](C(=O)OC3CCC(/C=C/C#N)CC3)CC2)cc1. The average Bonchev–Trinajstić information content (AvgIpc) is 2.74. The van der Waals surface area contributed by atoms with Crippen molar-refractivity contribution in [3.05, 3.63) is 47.5 Å². The minimum absolute atomic E-state index is 0.0211. The third kappa shape index (κ3) is 5.71. The molecule has 0 saturated heterocycles. The van der Waals surface area contributed by atoms with Crippen LogP contribution in [0.15, 0.2) is 36.4 Å². The molecule has 2 aliphatic rings. The lowest BCUT2D eigenvalue weighted by atomic mass is 9.78. The van der Waals surface area contributed by atoms with Crippen molar-refractivity contribution in [1.82, 2.24) is 0 Å². The highest BCUT2D eigenvalue weighted by Gasteiger charge is 2.30. The summed E-state index contributed by atoms with van der Waals surface area (Å²) in [6, 6.07) is 11.2. The Morgan fingerprint density at radius 1 is 1.07 bits per heavy atom. The molecule has 0 bridgehead atoms. The molecule has 0 spiro atoms. The molecule has 0 heterocycles. The molecule has 0 N–H and O–H groups in total. The third-order valence-corrected chi connectivity index (χ3v) is 6.49. The summed E-state index contributed by atoms with van der Waals surface area (Å²) in [7, 11) is 0. The van der Waals surface area contributed by atoms with Gasteiger partial charge in [-0.25, -0.2) is 0 Å². The summed E-state index contributed by atoms with van der Waals surface area (Å²) < 4.78 is 5.84. The lowest BCUT2D eigenvalue weighted by molar-refractivity contribution is -0.157. The first-order valence-electron chi connectivity index (χ1n) is 11.0. The number of carbonyl (C=O) groups excluding carboxylic acids is 1. The summed E-state index contributed by atoms with van der Waals surface area (Å²) in [4.78, 5) is 12.6. The van der Waals surface area contributed by atoms with Crippen molar-refractivity contribution in [2.45, 2.75) is 83.2 Å². The minimum Gasteiger partial charge on any atom is -0.462 e. The first kappa shape index (κ1) is 20.6. The molecule has 150 valence electrons. The van der Waals surface area contributed by atoms with Crippen molar-refractivity contribution in [1.29, 1.82) is 5.26 Å². The van der Waals surface area contributed by atoms with E-state index in [0.717, 1.165) is 57.8 Å². The molecular weight excluding hydrogens is 346 g/mol. The zero-order valence-corrected chi connectivity index (χ0v) is 17.1. The predicted molar refractivity (Wildman–Crippen MR) is 112 cm³/mol. The van der Waals surface area contributed by atoms with Gasteiger partial charge in [-0.2, -0.15) is 5.26 Å². The van der Waals surface area contributed by atoms with Crippen LogP contribution < -0.4 is 0 Å². The molecule has 2 fully saturated rings. The van der Waals surface area contributed by atoms with Crippen LogP contribution in [-0.2, 0) is 16.0 Å². The summed E-state index contributed by atoms with van der Waals surface area (Å²) in [5, 5.41) is 8.63. The van der Waals surface area contributed by atoms with Crippen LogP contribution in [0.2, 0.25) is 0 Å². The van der Waals surface area contributed by atoms with E-state index in [2.05, 4.69) is 37.3 Å². The third-order valence-electron chi connectivity index (χ3n) is 6.49. The second-order valence-corrected chi connectivity index (χ2v) is 8.50. The fraction of sp³-hybridized carbons (Fsp3) is 0.600. The van der Waals surface area contributed by atoms with Gasteiger partial charge >= 0.3 is 5.97 Å². The van der Waals surface area contributed by atoms with E-state index in [1.807, 2.05) is 6.08 Å². The molecule has 1 aromatic rings. The van der Waals surface area contributed by atoms with Crippen LogP contribution in [0.5, 0.6) is 0 Å². The van der Waals surface area contributed by atoms with E-state index < -0.39 is 0 Å². The van der Waals surface area contributed by atoms with Crippen molar-refractivity contribution >= 4 is 5.97 Å². The number of ether oxygens (including phenoxy) is 1. The fourth-order valence-electron chi connectivity index (χ4n) is 4.75. The van der Waals surface area contributed by atoms with Crippen molar-refractivity contribution < 1.29 is 9.53 Å². The van der Waals surface area contributed by atoms with Crippen molar-refractivity contribution in [3.8, 4) is 6.07 Å². The number of carbonyl (C=O) groups is 1. The number of aryl methyl sites for hydroxylation is 1. The normalized spacial score (nSPS) is 28.0. The van der Waals surface area contributed by atoms with Gasteiger partial charge in [0.1, 0.15) is 6.10 Å². The Kier molecular flexibility index (Phi) is 7.71. The van der Waals surface area contributed by atoms with Crippen LogP contribution in [0.4, 0.5) is 0 Å². The van der Waals surface area contributed by atoms with Gasteiger partial charge in [-0.3, -0.25) is 4.79 Å². The standard InChI is InChI=1S/C25H33NO2/c1-2-4-19-6-10-21(11-7-19)22-12-14-23(15-13-22)25(27)28-24-16-8-20(9-17-24)5-3-18-26/h3,5-7,10-11,20,22-24H,2,4,8-9,12-17H2,1H3/b5-3+/t20?,22-,23-,24?. The Bertz CT molecular complexity index is 684. The molecule has 0 aliphatic heterocycles. The van der Waals surface area contributed by atoms with Gasteiger partial charge in [0, 0.05) is 6.08 Å². The van der Waals surface area contributed by atoms with E-state index >= 15 is 0 Å². The Labute approximate surface area is 169 Å². The monoisotopic (exact) mass is 379 g/mol. The number of esters is 1. The van der Waals surface area contributed by atoms with E-state index in [9.17, 15) is 4.79 Å². The molecule has 3 heteroatoms. The topological polar surface area (TPSA) is 50.1 Å². The van der Waals surface area contributed by atoms with Gasteiger partial charge in [-0.1, -0.05) is 43.7 Å². The van der Waals surface area contributed by atoms with Crippen LogP contribution in [0.1, 0.15) is 81.8 Å². The number of allylic oxidation sites excluding steroid dienone is 2. The van der Waals surface area contributed by atoms with E-state index in [1.165, 1.54) is 17.5 Å². The number of nitriles is 1. The zero-order chi connectivity index (χ0) is 19.8. The van der Waals surface area contributed by atoms with Crippen molar-refractivity contribution in [3.63, 3.8) is 0 Å². The molecule has 2 aliphatic carbocycles. The van der Waals surface area contributed by atoms with Crippen LogP contribution in [0, 0.1) is 23.2 Å². The van der Waals surface area contributed by atoms with Crippen LogP contribution >= 0.6 is 0 Å². The second kappa shape index (κ2) is 10.5. The maximum Gasteiger partial charge on any atom is 0.309 e. The first-order chi connectivity index (χ1) is 13.7. The average molecular weight is 380 g/mol. The molecule has 0 unspecified atom stereocenters. The highest BCUT2D eigenvalue weighted by Crippen LogP contribution is 2.37. The highest BCUT2D eigenvalue weighted by molar-refractivity contribution is 5.72. The summed E-state index contributed by atoms with van der Waals surface area (Å²) in [5.74, 6) is 1.15. The largest absolute Gasteiger partial charge is 0.462 e. The maximum absolute atomic E-state index is 12.6. The molecule has 0 aromatic heterocycles. The van der Waals surface area contributed by atoms with E-state index in [0.29, 0.717) is 11.8 Å². The van der Waals surface area contributed by atoms with Gasteiger partial charge in [0.15, 0.2) is 0 Å². The Hall–Kier alpha value is -2.08. The number of rotatable bonds is 6. The summed E-state index contributed by atoms with van der Waals surface area (Å²) in [6.07, 6.45) is 13.9. The van der Waals surface area contributed by atoms with Crippen molar-refractivity contribution in [2.24, 2.45) is 11.8 Å². The first-order valence-corrected chi connectivity index (χ1v) is 11.0. The van der Waals surface area contributed by atoms with Gasteiger partial charge in [0.05, 0.1) is 12.0 Å². The molecule has 0 atom stereocenters. The Balaban J connectivity index is 1.41. The molecule has 0 radical (unpaired) electrons. The van der Waals surface area contributed by atoms with Gasteiger partial charge in [0.25, 0.3) is 0 Å². The molecule has 28 heavy (non-hydrogen) atoms. The van der Waals surface area contributed by atoms with E-state index in [-0.39, 0.29) is 18.0 Å². The van der Waals surface area contributed by atoms with Gasteiger partial charge in [-0.05, 0) is 80.8 Å². The number of nitrogens with zero attached hydrogens (tertiary/aromatic N) is 1. The van der Waals surface area contributed by atoms with Gasteiger partial charge in [-0.15, -0.1) is 0 Å². The van der Waals surface area contributed by atoms with Crippen molar-refractivity contribution in [2.75, 3.05) is 0 Å². The summed E-state index contributed by atoms with van der Waals surface area (Å²) in [5.41, 5.74) is 2.84. The second-order valence-electron chi connectivity index (χ2n) is 8.50. The molecular formula is C25H33NO2. The van der Waals surface area contributed by atoms with Crippen LogP contribution in [0.25, 0.3) is 0 Å². The Morgan fingerprint density at radius 3 is 2.36 bits per heavy atom. The predicted octanol–water partition coefficient (Wildman–Crippen LogP) is 6.09. The zero-order valence-electron chi connectivity index (χ0n) is 17.1. The van der Waals surface area contributed by atoms with Gasteiger partial charge < -0.3 is 4.74 Å². The van der Waals surface area contributed by atoms with E-state index in [4.69, 9.17) is 10.00 Å². The smallest absolute Gasteiger partial charge is 0.309 e. The molecule has 3 rings (SSSR count). The molecule has 1 aromatic carbocycles. The summed E-state index contributed by atoms with van der Waals surface area (Å²) >= 11 is 0. The number of hydrogen-bond acceptors (Lipinski definition) is 3. The Morgan fingerprint density at radius 2 is 1.75 bits per heavy atom. The van der Waals surface area contributed by atoms with Crippen LogP contribution in [0.3, 0.4) is 0 Å². The quantitative estimate of drug-likeness (QED) is 0.443. The van der Waals surface area contributed by atoms with Crippen LogP contribution in [-0.4, -0.2) is 12.1 Å². The number of hydrogen-bond donors (Lipinski definition) is 0. The molecule has 3 nitrogen and oxygen atoms in total.